The third-order valence-electron chi connectivity index (χ3n) is 4.43. The van der Waals surface area contributed by atoms with E-state index in [0.717, 1.165) is 16.4 Å². The smallest absolute Gasteiger partial charge is 0.287 e. The number of aromatic nitrogens is 2. The molecule has 0 saturated carbocycles. The van der Waals surface area contributed by atoms with E-state index in [-0.39, 0.29) is 32.7 Å². The molecule has 1 aromatic heterocycles. The molecule has 0 atom stereocenters. The lowest BCUT2D eigenvalue weighted by Crippen LogP contribution is -2.29. The lowest BCUT2D eigenvalue weighted by atomic mass is 10.2. The summed E-state index contributed by atoms with van der Waals surface area (Å²) in [7, 11) is -3.77. The fourth-order valence-corrected chi connectivity index (χ4v) is 4.19. The van der Waals surface area contributed by atoms with Gasteiger partial charge < -0.3 is 5.32 Å². The normalized spacial score (nSPS) is 10.9. The van der Waals surface area contributed by atoms with Crippen LogP contribution in [0.2, 0.25) is 10.0 Å². The minimum Gasteiger partial charge on any atom is -0.324 e. The molecular weight excluding hydrogens is 489 g/mol. The summed E-state index contributed by atoms with van der Waals surface area (Å²) in [6.07, 6.45) is 1.43. The molecule has 2 N–H and O–H groups in total. The van der Waals surface area contributed by atoms with Gasteiger partial charge in [-0.1, -0.05) is 53.5 Å². The summed E-state index contributed by atoms with van der Waals surface area (Å²) < 4.78 is 28.3. The van der Waals surface area contributed by atoms with Gasteiger partial charge in [0, 0.05) is 5.69 Å². The van der Waals surface area contributed by atoms with Gasteiger partial charge in [-0.2, -0.15) is 10.4 Å². The molecule has 0 bridgehead atoms. The minimum atomic E-state index is -3.77. The van der Waals surface area contributed by atoms with Gasteiger partial charge in [0.2, 0.25) is 15.9 Å². The fraction of sp³-hybridized carbons (Fsp3) is 0.143. The Hall–Kier alpha value is -3.39. The van der Waals surface area contributed by atoms with Gasteiger partial charge in [0.25, 0.3) is 5.56 Å². The number of sulfonamides is 1. The van der Waals surface area contributed by atoms with Gasteiger partial charge in [-0.15, -0.1) is 0 Å². The number of nitriles is 1. The quantitative estimate of drug-likeness (QED) is 0.483. The van der Waals surface area contributed by atoms with Crippen molar-refractivity contribution in [1.29, 1.82) is 5.26 Å². The van der Waals surface area contributed by atoms with Crippen molar-refractivity contribution in [2.45, 2.75) is 13.0 Å². The molecule has 0 saturated heterocycles. The van der Waals surface area contributed by atoms with Crippen LogP contribution in [0.3, 0.4) is 0 Å². The molecule has 0 aliphatic carbocycles. The highest BCUT2D eigenvalue weighted by molar-refractivity contribution is 7.92. The number of anilines is 2. The lowest BCUT2D eigenvalue weighted by Gasteiger charge is -2.12. The second-order valence-electron chi connectivity index (χ2n) is 6.85. The molecule has 170 valence electrons. The van der Waals surface area contributed by atoms with E-state index < -0.39 is 28.0 Å². The van der Waals surface area contributed by atoms with Crippen molar-refractivity contribution in [2.24, 2.45) is 0 Å². The molecule has 0 aliphatic heterocycles. The Morgan fingerprint density at radius 3 is 2.58 bits per heavy atom. The number of halogens is 2. The van der Waals surface area contributed by atoms with E-state index in [1.54, 1.807) is 0 Å². The Kier molecular flexibility index (Phi) is 7.71. The van der Waals surface area contributed by atoms with Crippen LogP contribution in [0, 0.1) is 11.3 Å². The number of aryl methyl sites for hydroxylation is 1. The molecule has 33 heavy (non-hydrogen) atoms. The Bertz CT molecular complexity index is 1390. The maximum atomic E-state index is 12.5. The van der Waals surface area contributed by atoms with Crippen molar-refractivity contribution in [2.75, 3.05) is 15.8 Å². The number of carbonyl (C=O) groups is 1. The number of hydrogen-bond acceptors (Lipinski definition) is 6. The zero-order valence-electron chi connectivity index (χ0n) is 17.0. The fourth-order valence-electron chi connectivity index (χ4n) is 2.81. The van der Waals surface area contributed by atoms with Gasteiger partial charge >= 0.3 is 0 Å². The molecule has 0 fully saturated rings. The van der Waals surface area contributed by atoms with Crippen molar-refractivity contribution in [1.82, 2.24) is 9.78 Å². The maximum absolute atomic E-state index is 12.5. The van der Waals surface area contributed by atoms with E-state index in [0.29, 0.717) is 6.42 Å². The minimum absolute atomic E-state index is 0.0215. The zero-order valence-corrected chi connectivity index (χ0v) is 19.3. The van der Waals surface area contributed by atoms with E-state index in [1.165, 1.54) is 18.2 Å². The van der Waals surface area contributed by atoms with Crippen molar-refractivity contribution < 1.29 is 13.2 Å². The monoisotopic (exact) mass is 505 g/mol. The Morgan fingerprint density at radius 1 is 1.15 bits per heavy atom. The summed E-state index contributed by atoms with van der Waals surface area (Å²) in [4.78, 5) is 24.4. The predicted octanol–water partition coefficient (Wildman–Crippen LogP) is 3.04. The third kappa shape index (κ3) is 6.55. The van der Waals surface area contributed by atoms with Crippen LogP contribution in [-0.2, 0) is 27.8 Å². The Labute approximate surface area is 199 Å². The summed E-state index contributed by atoms with van der Waals surface area (Å²) in [6, 6.07) is 15.1. The molecule has 12 heteroatoms. The highest BCUT2D eigenvalue weighted by atomic mass is 35.5. The van der Waals surface area contributed by atoms with E-state index in [9.17, 15) is 23.3 Å². The molecule has 9 nitrogen and oxygen atoms in total. The van der Waals surface area contributed by atoms with Crippen LogP contribution >= 0.6 is 23.2 Å². The number of nitrogens with zero attached hydrogens (tertiary/aromatic N) is 3. The molecule has 0 radical (unpaired) electrons. The summed E-state index contributed by atoms with van der Waals surface area (Å²) >= 11 is 11.5. The highest BCUT2D eigenvalue weighted by Crippen LogP contribution is 2.22. The Balaban J connectivity index is 1.72. The van der Waals surface area contributed by atoms with Crippen molar-refractivity contribution in [3.63, 3.8) is 0 Å². The van der Waals surface area contributed by atoms with E-state index in [4.69, 9.17) is 23.2 Å². The topological polar surface area (TPSA) is 134 Å². The average molecular weight is 506 g/mol. The number of carbonyl (C=O) groups excluding carboxylic acids is 1. The number of benzene rings is 2. The molecule has 0 unspecified atom stereocenters. The molecule has 1 amide bonds. The number of nitrogens with one attached hydrogen (secondary N) is 2. The second kappa shape index (κ2) is 10.5. The van der Waals surface area contributed by atoms with Gasteiger partial charge in [-0.25, -0.2) is 13.1 Å². The summed E-state index contributed by atoms with van der Waals surface area (Å²) in [5, 5.41) is 15.3. The number of hydrogen-bond donors (Lipinski definition) is 2. The first-order chi connectivity index (χ1) is 15.7. The number of amides is 1. The number of rotatable bonds is 8. The van der Waals surface area contributed by atoms with Crippen molar-refractivity contribution >= 4 is 50.5 Å². The largest absolute Gasteiger partial charge is 0.324 e. The molecule has 2 aromatic carbocycles. The van der Waals surface area contributed by atoms with E-state index in [2.05, 4.69) is 15.1 Å². The van der Waals surface area contributed by atoms with E-state index in [1.807, 2.05) is 36.4 Å². The zero-order chi connectivity index (χ0) is 24.0. The van der Waals surface area contributed by atoms with Gasteiger partial charge in [-0.3, -0.25) is 14.3 Å². The molecule has 3 aromatic rings. The predicted molar refractivity (Wildman–Crippen MR) is 126 cm³/mol. The van der Waals surface area contributed by atoms with Crippen LogP contribution in [0.25, 0.3) is 0 Å². The van der Waals surface area contributed by atoms with Gasteiger partial charge in [-0.05, 0) is 30.2 Å². The standard InChI is InChI=1S/C21H17Cl2N5O4S/c22-17-12-25-28(21(30)20(17)23)13-19(29)26-16-7-6-15(11-24)18(10-16)27-33(31,32)9-8-14-4-2-1-3-5-14/h1-7,10,12,27H,8-9,13H2,(H,26,29). The molecule has 0 spiro atoms. The first-order valence-corrected chi connectivity index (χ1v) is 11.9. The highest BCUT2D eigenvalue weighted by Gasteiger charge is 2.16. The van der Waals surface area contributed by atoms with Crippen LogP contribution in [-0.4, -0.2) is 29.9 Å². The maximum Gasteiger partial charge on any atom is 0.287 e. The van der Waals surface area contributed by atoms with Crippen LogP contribution in [0.1, 0.15) is 11.1 Å². The first kappa shape index (κ1) is 24.3. The van der Waals surface area contributed by atoms with Crippen molar-refractivity contribution in [3.8, 4) is 6.07 Å². The lowest BCUT2D eigenvalue weighted by molar-refractivity contribution is -0.117. The summed E-state index contributed by atoms with van der Waals surface area (Å²) in [5.74, 6) is -0.810. The summed E-state index contributed by atoms with van der Waals surface area (Å²) in [6.45, 7) is -0.451. The molecule has 0 aliphatic rings. The summed E-state index contributed by atoms with van der Waals surface area (Å²) in [5.41, 5.74) is 0.446. The van der Waals surface area contributed by atoms with Gasteiger partial charge in [0.1, 0.15) is 17.6 Å². The molecule has 3 rings (SSSR count). The second-order valence-corrected chi connectivity index (χ2v) is 9.47. The molecular formula is C21H17Cl2N5O4S. The SMILES string of the molecule is N#Cc1ccc(NC(=O)Cn2ncc(Cl)c(Cl)c2=O)cc1NS(=O)(=O)CCc1ccccc1. The van der Waals surface area contributed by atoms with Crippen LogP contribution < -0.4 is 15.6 Å². The van der Waals surface area contributed by atoms with E-state index >= 15 is 0 Å². The molecule has 1 heterocycles. The van der Waals surface area contributed by atoms with Crippen LogP contribution in [0.4, 0.5) is 11.4 Å². The Morgan fingerprint density at radius 2 is 1.88 bits per heavy atom. The van der Waals surface area contributed by atoms with Crippen molar-refractivity contribution in [3.05, 3.63) is 86.3 Å². The van der Waals surface area contributed by atoms with Gasteiger partial charge in [0.15, 0.2) is 0 Å². The van der Waals surface area contributed by atoms with Gasteiger partial charge in [0.05, 0.1) is 28.2 Å². The average Bonchev–Trinajstić information content (AvgIpc) is 2.79. The first-order valence-electron chi connectivity index (χ1n) is 9.48. The van der Waals surface area contributed by atoms with Crippen LogP contribution in [0.5, 0.6) is 0 Å². The van der Waals surface area contributed by atoms with Crippen LogP contribution in [0.15, 0.2) is 59.5 Å². The third-order valence-corrected chi connectivity index (χ3v) is 6.45.